The number of nitrogens with one attached hydrogen (secondary N) is 1. The van der Waals surface area contributed by atoms with E-state index in [1.807, 2.05) is 30.5 Å². The number of thioether (sulfide) groups is 1. The van der Waals surface area contributed by atoms with Gasteiger partial charge in [0.05, 0.1) is 6.04 Å². The van der Waals surface area contributed by atoms with E-state index in [0.717, 1.165) is 15.8 Å². The molecule has 17 heavy (non-hydrogen) atoms. The monoisotopic (exact) mass is 316 g/mol. The Balaban J connectivity index is 2.34. The minimum absolute atomic E-state index is 0.0815. The Labute approximate surface area is 115 Å². The maximum atomic E-state index is 11.6. The van der Waals surface area contributed by atoms with Gasteiger partial charge in [0.1, 0.15) is 0 Å². The van der Waals surface area contributed by atoms with E-state index >= 15 is 0 Å². The second kappa shape index (κ2) is 7.74. The fourth-order valence-electron chi connectivity index (χ4n) is 1.30. The summed E-state index contributed by atoms with van der Waals surface area (Å²) in [5.41, 5.74) is 6.83. The van der Waals surface area contributed by atoms with Crippen LogP contribution in [-0.4, -0.2) is 24.0 Å². The van der Waals surface area contributed by atoms with Gasteiger partial charge in [0.2, 0.25) is 5.91 Å². The highest BCUT2D eigenvalue weighted by atomic mass is 79.9. The number of halogens is 1. The van der Waals surface area contributed by atoms with E-state index in [0.29, 0.717) is 13.0 Å². The molecule has 0 heterocycles. The lowest BCUT2D eigenvalue weighted by Crippen LogP contribution is -2.40. The first-order valence-electron chi connectivity index (χ1n) is 5.40. The second-order valence-electron chi connectivity index (χ2n) is 3.73. The van der Waals surface area contributed by atoms with Crippen molar-refractivity contribution in [1.29, 1.82) is 0 Å². The molecule has 1 atom stereocenters. The molecular formula is C12H17BrN2OS. The Kier molecular flexibility index (Phi) is 6.62. The van der Waals surface area contributed by atoms with Crippen molar-refractivity contribution < 1.29 is 4.79 Å². The lowest BCUT2D eigenvalue weighted by atomic mass is 10.2. The van der Waals surface area contributed by atoms with Gasteiger partial charge in [-0.1, -0.05) is 28.1 Å². The Morgan fingerprint density at radius 2 is 2.12 bits per heavy atom. The standard InChI is InChI=1S/C12H17BrN2OS/c1-17-7-6-11(14)12(16)15-8-9-2-4-10(13)5-3-9/h2-5,11H,6-8,14H2,1H3,(H,15,16)/t11-/m0/s1. The molecule has 0 aliphatic heterocycles. The van der Waals surface area contributed by atoms with Gasteiger partial charge >= 0.3 is 0 Å². The van der Waals surface area contributed by atoms with E-state index in [1.165, 1.54) is 0 Å². The van der Waals surface area contributed by atoms with Gasteiger partial charge in [-0.25, -0.2) is 0 Å². The van der Waals surface area contributed by atoms with Crippen molar-refractivity contribution in [2.75, 3.05) is 12.0 Å². The van der Waals surface area contributed by atoms with Crippen molar-refractivity contribution in [2.24, 2.45) is 5.73 Å². The topological polar surface area (TPSA) is 55.1 Å². The molecule has 3 N–H and O–H groups in total. The summed E-state index contributed by atoms with van der Waals surface area (Å²) >= 11 is 5.07. The van der Waals surface area contributed by atoms with Gasteiger partial charge in [-0.2, -0.15) is 11.8 Å². The highest BCUT2D eigenvalue weighted by Crippen LogP contribution is 2.10. The summed E-state index contributed by atoms with van der Waals surface area (Å²) in [5, 5.41) is 2.84. The quantitative estimate of drug-likeness (QED) is 0.845. The molecule has 0 saturated carbocycles. The molecule has 0 aromatic heterocycles. The van der Waals surface area contributed by atoms with Crippen molar-refractivity contribution >= 4 is 33.6 Å². The van der Waals surface area contributed by atoms with Crippen molar-refractivity contribution in [3.05, 3.63) is 34.3 Å². The first kappa shape index (κ1) is 14.5. The number of carbonyl (C=O) groups is 1. The molecule has 0 unspecified atom stereocenters. The maximum Gasteiger partial charge on any atom is 0.237 e. The third-order valence-corrected chi connectivity index (χ3v) is 3.52. The predicted molar refractivity (Wildman–Crippen MR) is 77.0 cm³/mol. The molecule has 1 amide bonds. The smallest absolute Gasteiger partial charge is 0.237 e. The lowest BCUT2D eigenvalue weighted by molar-refractivity contribution is -0.122. The predicted octanol–water partition coefficient (Wildman–Crippen LogP) is 2.15. The van der Waals surface area contributed by atoms with Crippen LogP contribution in [0.2, 0.25) is 0 Å². The molecule has 1 aromatic rings. The molecule has 0 fully saturated rings. The molecule has 0 radical (unpaired) electrons. The van der Waals surface area contributed by atoms with Crippen LogP contribution in [0.4, 0.5) is 0 Å². The normalized spacial score (nSPS) is 12.2. The Morgan fingerprint density at radius 1 is 1.47 bits per heavy atom. The molecule has 94 valence electrons. The Hall–Kier alpha value is -0.520. The molecule has 0 aliphatic rings. The van der Waals surface area contributed by atoms with Crippen molar-refractivity contribution in [3.8, 4) is 0 Å². The molecule has 0 spiro atoms. The maximum absolute atomic E-state index is 11.6. The minimum atomic E-state index is -0.405. The van der Waals surface area contributed by atoms with E-state index in [9.17, 15) is 4.79 Å². The van der Waals surface area contributed by atoms with Crippen LogP contribution in [0, 0.1) is 0 Å². The third kappa shape index (κ3) is 5.57. The van der Waals surface area contributed by atoms with Crippen LogP contribution in [0.1, 0.15) is 12.0 Å². The number of rotatable bonds is 6. The summed E-state index contributed by atoms with van der Waals surface area (Å²) in [4.78, 5) is 11.6. The van der Waals surface area contributed by atoms with E-state index in [4.69, 9.17) is 5.73 Å². The first-order chi connectivity index (χ1) is 8.13. The summed E-state index contributed by atoms with van der Waals surface area (Å²) in [6.07, 6.45) is 2.72. The first-order valence-corrected chi connectivity index (χ1v) is 7.59. The van der Waals surface area contributed by atoms with Crippen LogP contribution in [0.15, 0.2) is 28.7 Å². The van der Waals surface area contributed by atoms with E-state index in [-0.39, 0.29) is 5.91 Å². The van der Waals surface area contributed by atoms with Gasteiger partial charge in [0.15, 0.2) is 0 Å². The zero-order valence-corrected chi connectivity index (χ0v) is 12.2. The van der Waals surface area contributed by atoms with Gasteiger partial charge in [0.25, 0.3) is 0 Å². The van der Waals surface area contributed by atoms with Crippen molar-refractivity contribution in [3.63, 3.8) is 0 Å². The number of amides is 1. The van der Waals surface area contributed by atoms with Crippen LogP contribution in [-0.2, 0) is 11.3 Å². The summed E-state index contributed by atoms with van der Waals surface area (Å²) in [7, 11) is 0. The summed E-state index contributed by atoms with van der Waals surface area (Å²) < 4.78 is 1.03. The molecule has 1 rings (SSSR count). The number of hydrogen-bond acceptors (Lipinski definition) is 3. The van der Waals surface area contributed by atoms with Gasteiger partial charge in [-0.3, -0.25) is 4.79 Å². The Morgan fingerprint density at radius 3 is 2.71 bits per heavy atom. The summed E-state index contributed by atoms with van der Waals surface area (Å²) in [5.74, 6) is 0.828. The largest absolute Gasteiger partial charge is 0.351 e. The van der Waals surface area contributed by atoms with Crippen molar-refractivity contribution in [2.45, 2.75) is 19.0 Å². The average Bonchev–Trinajstić information content (AvgIpc) is 2.34. The van der Waals surface area contributed by atoms with Gasteiger partial charge < -0.3 is 11.1 Å². The number of benzene rings is 1. The summed E-state index contributed by atoms with van der Waals surface area (Å²) in [6, 6.07) is 7.44. The molecule has 0 aliphatic carbocycles. The highest BCUT2D eigenvalue weighted by molar-refractivity contribution is 9.10. The van der Waals surface area contributed by atoms with Crippen LogP contribution >= 0.6 is 27.7 Å². The fourth-order valence-corrected chi connectivity index (χ4v) is 2.05. The minimum Gasteiger partial charge on any atom is -0.351 e. The van der Waals surface area contributed by atoms with E-state index in [1.54, 1.807) is 11.8 Å². The second-order valence-corrected chi connectivity index (χ2v) is 5.63. The SMILES string of the molecule is CSCC[C@H](N)C(=O)NCc1ccc(Br)cc1. The molecule has 0 saturated heterocycles. The zero-order valence-electron chi connectivity index (χ0n) is 9.78. The van der Waals surface area contributed by atoms with Crippen LogP contribution in [0.25, 0.3) is 0 Å². The van der Waals surface area contributed by atoms with Crippen molar-refractivity contribution in [1.82, 2.24) is 5.32 Å². The fraction of sp³-hybridized carbons (Fsp3) is 0.417. The van der Waals surface area contributed by atoms with Crippen LogP contribution < -0.4 is 11.1 Å². The van der Waals surface area contributed by atoms with Gasteiger partial charge in [0, 0.05) is 11.0 Å². The third-order valence-electron chi connectivity index (χ3n) is 2.35. The molecule has 0 bridgehead atoms. The molecular weight excluding hydrogens is 300 g/mol. The average molecular weight is 317 g/mol. The molecule has 3 nitrogen and oxygen atoms in total. The Bertz CT molecular complexity index is 356. The number of nitrogens with two attached hydrogens (primary N) is 1. The zero-order chi connectivity index (χ0) is 12.7. The molecule has 5 heteroatoms. The van der Waals surface area contributed by atoms with Crippen LogP contribution in [0.5, 0.6) is 0 Å². The van der Waals surface area contributed by atoms with Crippen LogP contribution in [0.3, 0.4) is 0 Å². The highest BCUT2D eigenvalue weighted by Gasteiger charge is 2.11. The lowest BCUT2D eigenvalue weighted by Gasteiger charge is -2.11. The number of carbonyl (C=O) groups excluding carboxylic acids is 1. The summed E-state index contributed by atoms with van der Waals surface area (Å²) in [6.45, 7) is 0.527. The van der Waals surface area contributed by atoms with E-state index in [2.05, 4.69) is 21.2 Å². The van der Waals surface area contributed by atoms with Gasteiger partial charge in [-0.15, -0.1) is 0 Å². The molecule has 1 aromatic carbocycles. The van der Waals surface area contributed by atoms with E-state index < -0.39 is 6.04 Å². The number of hydrogen-bond donors (Lipinski definition) is 2. The van der Waals surface area contributed by atoms with Gasteiger partial charge in [-0.05, 0) is 36.1 Å².